The van der Waals surface area contributed by atoms with Crippen molar-refractivity contribution in [2.24, 2.45) is 0 Å². The molecule has 0 spiro atoms. The van der Waals surface area contributed by atoms with Crippen molar-refractivity contribution >= 4 is 23.5 Å². The van der Waals surface area contributed by atoms with E-state index in [-0.39, 0.29) is 5.76 Å². The Bertz CT molecular complexity index is 954. The molecule has 1 aromatic heterocycles. The second-order valence-electron chi connectivity index (χ2n) is 6.45. The number of carbonyl (C=O) groups is 3. The number of nitrogens with zero attached hydrogens (tertiary/aromatic N) is 1. The van der Waals surface area contributed by atoms with Crippen molar-refractivity contribution in [3.05, 3.63) is 53.5 Å². The predicted molar refractivity (Wildman–Crippen MR) is 91.1 cm³/mol. The van der Waals surface area contributed by atoms with Gasteiger partial charge >= 0.3 is 12.2 Å². The van der Waals surface area contributed by atoms with Crippen LogP contribution >= 0.6 is 0 Å². The van der Waals surface area contributed by atoms with Crippen LogP contribution in [-0.4, -0.2) is 29.3 Å². The van der Waals surface area contributed by atoms with Gasteiger partial charge in [-0.25, -0.2) is 4.79 Å². The molecule has 2 N–H and O–H groups in total. The molecule has 10 heteroatoms. The van der Waals surface area contributed by atoms with Gasteiger partial charge < -0.3 is 15.1 Å². The van der Waals surface area contributed by atoms with Gasteiger partial charge in [-0.2, -0.15) is 13.2 Å². The van der Waals surface area contributed by atoms with Gasteiger partial charge in [0.25, 0.3) is 5.91 Å². The molecular weight excluding hydrogens is 379 g/mol. The van der Waals surface area contributed by atoms with Crippen LogP contribution in [0.15, 0.2) is 40.8 Å². The summed E-state index contributed by atoms with van der Waals surface area (Å²) in [5, 5.41) is 4.55. The van der Waals surface area contributed by atoms with Gasteiger partial charge in [0, 0.05) is 0 Å². The summed E-state index contributed by atoms with van der Waals surface area (Å²) in [6, 6.07) is 6.71. The molecule has 1 fully saturated rings. The summed E-state index contributed by atoms with van der Waals surface area (Å²) in [4.78, 5) is 37.7. The number of aryl methyl sites for hydroxylation is 1. The highest BCUT2D eigenvalue weighted by Crippen LogP contribution is 2.35. The number of furan rings is 1. The summed E-state index contributed by atoms with van der Waals surface area (Å²) in [5.41, 5.74) is -3.00. The predicted octanol–water partition coefficient (Wildman–Crippen LogP) is 3.01. The molecule has 0 aliphatic carbocycles. The molecule has 1 aliphatic heterocycles. The highest BCUT2D eigenvalue weighted by molar-refractivity contribution is 6.10. The van der Waals surface area contributed by atoms with E-state index in [1.165, 1.54) is 25.1 Å². The third-order valence-corrected chi connectivity index (χ3v) is 4.32. The van der Waals surface area contributed by atoms with Crippen molar-refractivity contribution in [1.82, 2.24) is 10.2 Å². The Hall–Kier alpha value is -3.30. The molecule has 7 nitrogen and oxygen atoms in total. The Morgan fingerprint density at radius 1 is 1.21 bits per heavy atom. The first-order chi connectivity index (χ1) is 13.0. The van der Waals surface area contributed by atoms with Gasteiger partial charge in [-0.05, 0) is 38.1 Å². The van der Waals surface area contributed by atoms with E-state index in [4.69, 9.17) is 4.42 Å². The Morgan fingerprint density at radius 3 is 2.50 bits per heavy atom. The van der Waals surface area contributed by atoms with Gasteiger partial charge in [0.1, 0.15) is 18.1 Å². The van der Waals surface area contributed by atoms with Crippen LogP contribution in [0.4, 0.5) is 23.7 Å². The molecule has 1 saturated heterocycles. The van der Waals surface area contributed by atoms with Crippen LogP contribution in [0.3, 0.4) is 0 Å². The molecule has 1 aliphatic rings. The number of hydrogen-bond donors (Lipinski definition) is 2. The summed E-state index contributed by atoms with van der Waals surface area (Å²) < 4.78 is 44.5. The van der Waals surface area contributed by atoms with E-state index in [2.05, 4.69) is 10.6 Å². The SMILES string of the molecule is Cc1ccc(C2(C)NC(=O)N(CC(=O)Nc3ccccc3C(F)(F)F)C2=O)o1. The maximum atomic E-state index is 13.0. The molecule has 4 amide bonds. The zero-order valence-electron chi connectivity index (χ0n) is 14.9. The first-order valence-electron chi connectivity index (χ1n) is 8.19. The van der Waals surface area contributed by atoms with Crippen molar-refractivity contribution in [2.45, 2.75) is 25.6 Å². The Labute approximate surface area is 157 Å². The molecule has 0 bridgehead atoms. The number of anilines is 1. The fourth-order valence-corrected chi connectivity index (χ4v) is 2.88. The second kappa shape index (κ2) is 6.70. The number of alkyl halides is 3. The highest BCUT2D eigenvalue weighted by Gasteiger charge is 2.51. The fraction of sp³-hybridized carbons (Fsp3) is 0.278. The third kappa shape index (κ3) is 3.45. The number of para-hydroxylation sites is 1. The maximum absolute atomic E-state index is 13.0. The van der Waals surface area contributed by atoms with Crippen LogP contribution in [0.1, 0.15) is 24.0 Å². The van der Waals surface area contributed by atoms with Crippen molar-refractivity contribution in [1.29, 1.82) is 0 Å². The minimum atomic E-state index is -4.67. The number of carbonyl (C=O) groups excluding carboxylic acids is 3. The van der Waals surface area contributed by atoms with Gasteiger partial charge in [0.2, 0.25) is 5.91 Å². The monoisotopic (exact) mass is 395 g/mol. The van der Waals surface area contributed by atoms with E-state index < -0.39 is 47.4 Å². The molecule has 0 saturated carbocycles. The zero-order valence-corrected chi connectivity index (χ0v) is 14.9. The Balaban J connectivity index is 1.77. The molecule has 2 aromatic rings. The maximum Gasteiger partial charge on any atom is 0.418 e. The lowest BCUT2D eigenvalue weighted by Gasteiger charge is -2.19. The van der Waals surface area contributed by atoms with Gasteiger partial charge in [0.15, 0.2) is 5.54 Å². The third-order valence-electron chi connectivity index (χ3n) is 4.32. The van der Waals surface area contributed by atoms with E-state index in [0.29, 0.717) is 10.7 Å². The van der Waals surface area contributed by atoms with Crippen LogP contribution in [0, 0.1) is 6.92 Å². The number of hydrogen-bond acceptors (Lipinski definition) is 4. The number of benzene rings is 1. The van der Waals surface area contributed by atoms with Crippen LogP contribution in [-0.2, 0) is 21.3 Å². The fourth-order valence-electron chi connectivity index (χ4n) is 2.88. The van der Waals surface area contributed by atoms with Crippen molar-refractivity contribution < 1.29 is 32.0 Å². The molecule has 1 atom stereocenters. The highest BCUT2D eigenvalue weighted by atomic mass is 19.4. The molecule has 148 valence electrons. The summed E-state index contributed by atoms with van der Waals surface area (Å²) in [6.07, 6.45) is -4.67. The van der Waals surface area contributed by atoms with Gasteiger partial charge in [-0.1, -0.05) is 12.1 Å². The average Bonchev–Trinajstić information content (AvgIpc) is 3.13. The lowest BCUT2D eigenvalue weighted by Crippen LogP contribution is -2.42. The molecule has 3 rings (SSSR count). The van der Waals surface area contributed by atoms with Crippen LogP contribution in [0.5, 0.6) is 0 Å². The number of imide groups is 1. The lowest BCUT2D eigenvalue weighted by molar-refractivity contribution is -0.137. The van der Waals surface area contributed by atoms with Gasteiger partial charge in [-0.3, -0.25) is 14.5 Å². The quantitative estimate of drug-likeness (QED) is 0.779. The molecular formula is C18H16F3N3O4. The van der Waals surface area contributed by atoms with Gasteiger partial charge in [0.05, 0.1) is 11.3 Å². The van der Waals surface area contributed by atoms with E-state index in [1.807, 2.05) is 0 Å². The minimum absolute atomic E-state index is 0.189. The van der Waals surface area contributed by atoms with E-state index in [0.717, 1.165) is 12.1 Å². The summed E-state index contributed by atoms with van der Waals surface area (Å²) in [7, 11) is 0. The van der Waals surface area contributed by atoms with E-state index >= 15 is 0 Å². The molecule has 2 heterocycles. The van der Waals surface area contributed by atoms with Crippen LogP contribution in [0.2, 0.25) is 0 Å². The summed E-state index contributed by atoms with van der Waals surface area (Å²) in [6.45, 7) is 2.34. The largest absolute Gasteiger partial charge is 0.463 e. The van der Waals surface area contributed by atoms with E-state index in [9.17, 15) is 27.6 Å². The van der Waals surface area contributed by atoms with E-state index in [1.54, 1.807) is 13.0 Å². The van der Waals surface area contributed by atoms with Crippen LogP contribution < -0.4 is 10.6 Å². The second-order valence-corrected chi connectivity index (χ2v) is 6.45. The first kappa shape index (κ1) is 19.5. The standard InChI is InChI=1S/C18H16F3N3O4/c1-10-7-8-13(28-10)17(2)15(26)24(16(27)23-17)9-14(25)22-12-6-4-3-5-11(12)18(19,20)21/h3-8H,9H2,1-2H3,(H,22,25)(H,23,27). The number of amides is 4. The van der Waals surface area contributed by atoms with Gasteiger partial charge in [-0.15, -0.1) is 0 Å². The molecule has 0 radical (unpaired) electrons. The molecule has 28 heavy (non-hydrogen) atoms. The number of urea groups is 1. The first-order valence-corrected chi connectivity index (χ1v) is 8.19. The van der Waals surface area contributed by atoms with Crippen molar-refractivity contribution in [3.63, 3.8) is 0 Å². The Morgan fingerprint density at radius 2 is 1.89 bits per heavy atom. The average molecular weight is 395 g/mol. The van der Waals surface area contributed by atoms with Crippen molar-refractivity contribution in [2.75, 3.05) is 11.9 Å². The number of rotatable bonds is 4. The molecule has 1 aromatic carbocycles. The lowest BCUT2D eigenvalue weighted by atomic mass is 9.99. The zero-order chi connectivity index (χ0) is 20.7. The molecule has 1 unspecified atom stereocenters. The minimum Gasteiger partial charge on any atom is -0.463 e. The Kier molecular flexibility index (Phi) is 4.66. The number of halogens is 3. The van der Waals surface area contributed by atoms with Crippen molar-refractivity contribution in [3.8, 4) is 0 Å². The normalized spacial score (nSPS) is 19.7. The van der Waals surface area contributed by atoms with Crippen LogP contribution in [0.25, 0.3) is 0 Å². The summed E-state index contributed by atoms with van der Waals surface area (Å²) >= 11 is 0. The number of nitrogens with one attached hydrogen (secondary N) is 2. The topological polar surface area (TPSA) is 91.7 Å². The smallest absolute Gasteiger partial charge is 0.418 e. The summed E-state index contributed by atoms with van der Waals surface area (Å²) in [5.74, 6) is -0.974.